The molecule has 0 amide bonds. The van der Waals surface area contributed by atoms with Gasteiger partial charge in [0.15, 0.2) is 0 Å². The smallest absolute Gasteiger partial charge is 0.335 e. The van der Waals surface area contributed by atoms with Gasteiger partial charge in [0, 0.05) is 12.1 Å². The number of carbonyl (C=O) groups is 1. The van der Waals surface area contributed by atoms with Crippen LogP contribution >= 0.6 is 0 Å². The van der Waals surface area contributed by atoms with Crippen LogP contribution in [-0.2, 0) is 0 Å². The van der Waals surface area contributed by atoms with Gasteiger partial charge in [-0.15, -0.1) is 0 Å². The van der Waals surface area contributed by atoms with Crippen molar-refractivity contribution in [2.75, 3.05) is 0 Å². The fraction of sp³-hybridized carbons (Fsp3) is 0.0714. The molecule has 2 aromatic rings. The van der Waals surface area contributed by atoms with E-state index in [4.69, 9.17) is 5.11 Å². The van der Waals surface area contributed by atoms with Crippen LogP contribution in [0.25, 0.3) is 11.1 Å². The summed E-state index contributed by atoms with van der Waals surface area (Å²) >= 11 is 0. The van der Waals surface area contributed by atoms with E-state index in [0.29, 0.717) is 5.56 Å². The van der Waals surface area contributed by atoms with Gasteiger partial charge in [0.2, 0.25) is 0 Å². The second-order valence-corrected chi connectivity index (χ2v) is 4.20. The van der Waals surface area contributed by atoms with Crippen LogP contribution in [0.15, 0.2) is 42.5 Å². The Morgan fingerprint density at radius 1 is 1.11 bits per heavy atom. The van der Waals surface area contributed by atoms with Gasteiger partial charge < -0.3 is 5.11 Å². The number of hydrogen-bond acceptors (Lipinski definition) is 3. The molecule has 0 aliphatic heterocycles. The third-order valence-electron chi connectivity index (χ3n) is 2.76. The molecule has 0 saturated heterocycles. The fourth-order valence-electron chi connectivity index (χ4n) is 1.75. The van der Waals surface area contributed by atoms with E-state index in [-0.39, 0.29) is 11.3 Å². The molecule has 5 heteroatoms. The molecular weight excluding hydrogens is 246 g/mol. The van der Waals surface area contributed by atoms with Crippen LogP contribution in [0.2, 0.25) is 0 Å². The lowest BCUT2D eigenvalue weighted by Gasteiger charge is -2.04. The Morgan fingerprint density at radius 2 is 1.74 bits per heavy atom. The highest BCUT2D eigenvalue weighted by atomic mass is 16.6. The van der Waals surface area contributed by atoms with Crippen LogP contribution in [0.1, 0.15) is 15.9 Å². The lowest BCUT2D eigenvalue weighted by atomic mass is 10.0. The molecule has 19 heavy (non-hydrogen) atoms. The highest BCUT2D eigenvalue weighted by Crippen LogP contribution is 2.26. The monoisotopic (exact) mass is 257 g/mol. The number of hydrogen-bond donors (Lipinski definition) is 1. The summed E-state index contributed by atoms with van der Waals surface area (Å²) in [5.74, 6) is -1.18. The van der Waals surface area contributed by atoms with Gasteiger partial charge in [-0.05, 0) is 24.1 Å². The van der Waals surface area contributed by atoms with Gasteiger partial charge in [0.05, 0.1) is 10.5 Å². The van der Waals surface area contributed by atoms with Crippen LogP contribution in [0.3, 0.4) is 0 Å². The van der Waals surface area contributed by atoms with E-state index in [1.807, 2.05) is 19.1 Å². The van der Waals surface area contributed by atoms with Gasteiger partial charge in [-0.1, -0.05) is 29.8 Å². The molecule has 0 spiro atoms. The van der Waals surface area contributed by atoms with Crippen LogP contribution in [-0.4, -0.2) is 16.0 Å². The van der Waals surface area contributed by atoms with Crippen LogP contribution < -0.4 is 0 Å². The second kappa shape index (κ2) is 4.89. The Kier molecular flexibility index (Phi) is 3.29. The molecule has 2 aromatic carbocycles. The molecule has 0 aromatic heterocycles. The van der Waals surface area contributed by atoms with E-state index in [2.05, 4.69) is 0 Å². The third kappa shape index (κ3) is 2.77. The van der Waals surface area contributed by atoms with E-state index in [1.165, 1.54) is 12.1 Å². The summed E-state index contributed by atoms with van der Waals surface area (Å²) < 4.78 is 0. The molecule has 0 heterocycles. The zero-order valence-corrected chi connectivity index (χ0v) is 10.2. The maximum absolute atomic E-state index is 11.0. The average molecular weight is 257 g/mol. The number of carboxylic acids is 1. The molecule has 0 aliphatic carbocycles. The minimum atomic E-state index is -1.18. The molecule has 2 rings (SSSR count). The molecule has 96 valence electrons. The second-order valence-electron chi connectivity index (χ2n) is 4.20. The minimum absolute atomic E-state index is 0.0928. The first-order chi connectivity index (χ1) is 8.97. The zero-order valence-electron chi connectivity index (χ0n) is 10.2. The number of nitro benzene ring substituents is 1. The summed E-state index contributed by atoms with van der Waals surface area (Å²) in [4.78, 5) is 21.2. The lowest BCUT2D eigenvalue weighted by Crippen LogP contribution is -1.99. The van der Waals surface area contributed by atoms with Crippen LogP contribution in [0, 0.1) is 17.0 Å². The predicted molar refractivity (Wildman–Crippen MR) is 70.2 cm³/mol. The third-order valence-corrected chi connectivity index (χ3v) is 2.76. The summed E-state index contributed by atoms with van der Waals surface area (Å²) in [6.07, 6.45) is 0. The van der Waals surface area contributed by atoms with Crippen molar-refractivity contribution in [1.29, 1.82) is 0 Å². The van der Waals surface area contributed by atoms with E-state index >= 15 is 0 Å². The number of aryl methyl sites for hydroxylation is 1. The number of nitrogens with zero attached hydrogens (tertiary/aromatic N) is 1. The Hall–Kier alpha value is -2.69. The van der Waals surface area contributed by atoms with Gasteiger partial charge in [-0.25, -0.2) is 4.79 Å². The number of non-ortho nitro benzene ring substituents is 1. The quantitative estimate of drug-likeness (QED) is 0.675. The number of benzene rings is 2. The van der Waals surface area contributed by atoms with Crippen LogP contribution in [0.5, 0.6) is 0 Å². The molecule has 0 radical (unpaired) electrons. The van der Waals surface area contributed by atoms with Crippen LogP contribution in [0.4, 0.5) is 5.69 Å². The van der Waals surface area contributed by atoms with Crippen molar-refractivity contribution in [3.8, 4) is 11.1 Å². The van der Waals surface area contributed by atoms with Gasteiger partial charge in [0.1, 0.15) is 0 Å². The average Bonchev–Trinajstić information content (AvgIpc) is 2.39. The van der Waals surface area contributed by atoms with Gasteiger partial charge in [0.25, 0.3) is 5.69 Å². The Labute approximate surface area is 109 Å². The first kappa shape index (κ1) is 12.8. The van der Waals surface area contributed by atoms with Crippen molar-refractivity contribution in [3.63, 3.8) is 0 Å². The van der Waals surface area contributed by atoms with Crippen molar-refractivity contribution < 1.29 is 14.8 Å². The molecule has 0 atom stereocenters. The van der Waals surface area contributed by atoms with Gasteiger partial charge >= 0.3 is 5.97 Å². The van der Waals surface area contributed by atoms with Crippen molar-refractivity contribution >= 4 is 11.7 Å². The molecule has 0 aliphatic rings. The minimum Gasteiger partial charge on any atom is -0.478 e. The Bertz CT molecular complexity index is 615. The SMILES string of the molecule is Cc1ccc(-c2cc(C(=O)O)cc([N+](=O)[O-])c2)cc1. The van der Waals surface area contributed by atoms with E-state index in [0.717, 1.165) is 17.2 Å². The molecule has 0 fully saturated rings. The van der Waals surface area contributed by atoms with E-state index < -0.39 is 10.9 Å². The summed E-state index contributed by atoms with van der Waals surface area (Å²) in [5.41, 5.74) is 2.01. The number of carboxylic acid groups (broad SMARTS) is 1. The van der Waals surface area contributed by atoms with E-state index in [1.54, 1.807) is 12.1 Å². The summed E-state index contributed by atoms with van der Waals surface area (Å²) in [6.45, 7) is 1.93. The first-order valence-corrected chi connectivity index (χ1v) is 5.57. The zero-order chi connectivity index (χ0) is 14.0. The largest absolute Gasteiger partial charge is 0.478 e. The molecule has 0 unspecified atom stereocenters. The number of rotatable bonds is 3. The topological polar surface area (TPSA) is 80.4 Å². The number of nitro groups is 1. The van der Waals surface area contributed by atoms with Crippen molar-refractivity contribution in [1.82, 2.24) is 0 Å². The first-order valence-electron chi connectivity index (χ1n) is 5.57. The Balaban J connectivity index is 2.59. The summed E-state index contributed by atoms with van der Waals surface area (Å²) in [6, 6.07) is 11.2. The highest BCUT2D eigenvalue weighted by molar-refractivity contribution is 5.90. The highest BCUT2D eigenvalue weighted by Gasteiger charge is 2.14. The maximum Gasteiger partial charge on any atom is 0.335 e. The van der Waals surface area contributed by atoms with Crippen molar-refractivity contribution in [2.24, 2.45) is 0 Å². The lowest BCUT2D eigenvalue weighted by molar-refractivity contribution is -0.384. The Morgan fingerprint density at radius 3 is 2.26 bits per heavy atom. The fourth-order valence-corrected chi connectivity index (χ4v) is 1.75. The molecule has 0 saturated carbocycles. The molecule has 1 N–H and O–H groups in total. The maximum atomic E-state index is 11.0. The summed E-state index contributed by atoms with van der Waals surface area (Å²) in [7, 11) is 0. The molecule has 5 nitrogen and oxygen atoms in total. The standard InChI is InChI=1S/C14H11NO4/c1-9-2-4-10(5-3-9)11-6-12(14(16)17)8-13(7-11)15(18)19/h2-8H,1H3,(H,16,17). The van der Waals surface area contributed by atoms with E-state index in [9.17, 15) is 14.9 Å². The molecule has 0 bridgehead atoms. The normalized spacial score (nSPS) is 10.2. The van der Waals surface area contributed by atoms with Crippen molar-refractivity contribution in [2.45, 2.75) is 6.92 Å². The predicted octanol–water partition coefficient (Wildman–Crippen LogP) is 3.27. The molecular formula is C14H11NO4. The van der Waals surface area contributed by atoms with Gasteiger partial charge in [-0.2, -0.15) is 0 Å². The van der Waals surface area contributed by atoms with Gasteiger partial charge in [-0.3, -0.25) is 10.1 Å². The number of aromatic carboxylic acids is 1. The van der Waals surface area contributed by atoms with Crippen molar-refractivity contribution in [3.05, 3.63) is 63.7 Å². The summed E-state index contributed by atoms with van der Waals surface area (Å²) in [5, 5.41) is 19.8.